The molecule has 2 rings (SSSR count). The Bertz CT molecular complexity index is 482. The summed E-state index contributed by atoms with van der Waals surface area (Å²) < 4.78 is 26.2. The van der Waals surface area contributed by atoms with E-state index in [-0.39, 0.29) is 10.3 Å². The molecule has 100 valence electrons. The number of halogens is 1. The standard InChI is InChI=1S/C12H17ClN2O2S/c1-10(13)11-4-7-15(8-5-11)18(16,17)12-3-2-6-14-9-12/h2-3,6,9-11H,4-5,7-8H2,1H3. The van der Waals surface area contributed by atoms with Gasteiger partial charge in [-0.2, -0.15) is 4.31 Å². The van der Waals surface area contributed by atoms with E-state index in [2.05, 4.69) is 4.98 Å². The minimum absolute atomic E-state index is 0.105. The van der Waals surface area contributed by atoms with E-state index in [1.54, 1.807) is 18.3 Å². The topological polar surface area (TPSA) is 50.3 Å². The average molecular weight is 289 g/mol. The van der Waals surface area contributed by atoms with Crippen molar-refractivity contribution < 1.29 is 8.42 Å². The fraction of sp³-hybridized carbons (Fsp3) is 0.583. The lowest BCUT2D eigenvalue weighted by Crippen LogP contribution is -2.39. The van der Waals surface area contributed by atoms with Crippen LogP contribution in [0.5, 0.6) is 0 Å². The first-order chi connectivity index (χ1) is 8.51. The molecule has 18 heavy (non-hydrogen) atoms. The lowest BCUT2D eigenvalue weighted by atomic mass is 9.95. The maximum absolute atomic E-state index is 12.3. The van der Waals surface area contributed by atoms with Crippen molar-refractivity contribution in [1.29, 1.82) is 0 Å². The number of pyridine rings is 1. The smallest absolute Gasteiger partial charge is 0.244 e. The highest BCUT2D eigenvalue weighted by atomic mass is 35.5. The molecule has 1 unspecified atom stereocenters. The van der Waals surface area contributed by atoms with Crippen molar-refractivity contribution in [3.8, 4) is 0 Å². The molecule has 0 aromatic carbocycles. The Kier molecular flexibility index (Phi) is 4.25. The summed E-state index contributed by atoms with van der Waals surface area (Å²) in [7, 11) is -3.38. The monoisotopic (exact) mass is 288 g/mol. The lowest BCUT2D eigenvalue weighted by molar-refractivity contribution is 0.271. The van der Waals surface area contributed by atoms with Crippen LogP contribution in [0, 0.1) is 5.92 Å². The minimum atomic E-state index is -3.38. The van der Waals surface area contributed by atoms with Gasteiger partial charge in [-0.1, -0.05) is 0 Å². The molecule has 1 fully saturated rings. The zero-order valence-corrected chi connectivity index (χ0v) is 11.9. The fourth-order valence-corrected chi connectivity index (χ4v) is 3.91. The number of hydrogen-bond donors (Lipinski definition) is 0. The van der Waals surface area contributed by atoms with Crippen molar-refractivity contribution in [2.45, 2.75) is 30.0 Å². The molecule has 2 heterocycles. The van der Waals surface area contributed by atoms with Crippen LogP contribution >= 0.6 is 11.6 Å². The number of alkyl halides is 1. The van der Waals surface area contributed by atoms with Crippen LogP contribution in [0.15, 0.2) is 29.4 Å². The minimum Gasteiger partial charge on any atom is -0.263 e. The SMILES string of the molecule is CC(Cl)C1CCN(S(=O)(=O)c2cccnc2)CC1. The second kappa shape index (κ2) is 5.55. The first kappa shape index (κ1) is 13.8. The van der Waals surface area contributed by atoms with Gasteiger partial charge in [-0.05, 0) is 37.8 Å². The zero-order valence-electron chi connectivity index (χ0n) is 10.3. The number of piperidine rings is 1. The highest BCUT2D eigenvalue weighted by Crippen LogP contribution is 2.27. The molecule has 0 amide bonds. The molecule has 0 saturated carbocycles. The molecule has 1 saturated heterocycles. The highest BCUT2D eigenvalue weighted by molar-refractivity contribution is 7.89. The van der Waals surface area contributed by atoms with Crippen LogP contribution in [0.4, 0.5) is 0 Å². The predicted molar refractivity (Wildman–Crippen MR) is 71.0 cm³/mol. The number of hydrogen-bond acceptors (Lipinski definition) is 3. The van der Waals surface area contributed by atoms with Crippen molar-refractivity contribution >= 4 is 21.6 Å². The van der Waals surface area contributed by atoms with E-state index in [1.807, 2.05) is 6.92 Å². The molecule has 1 aromatic heterocycles. The third-order valence-corrected chi connectivity index (χ3v) is 5.66. The van der Waals surface area contributed by atoms with Crippen LogP contribution in [0.1, 0.15) is 19.8 Å². The summed E-state index contributed by atoms with van der Waals surface area (Å²) in [6, 6.07) is 3.22. The van der Waals surface area contributed by atoms with Crippen LogP contribution in [0.25, 0.3) is 0 Å². The van der Waals surface area contributed by atoms with E-state index in [0.717, 1.165) is 12.8 Å². The summed E-state index contributed by atoms with van der Waals surface area (Å²) in [4.78, 5) is 4.13. The highest BCUT2D eigenvalue weighted by Gasteiger charge is 2.30. The van der Waals surface area contributed by atoms with E-state index in [0.29, 0.717) is 19.0 Å². The van der Waals surface area contributed by atoms with Gasteiger partial charge in [0.05, 0.1) is 0 Å². The molecule has 0 bridgehead atoms. The first-order valence-corrected chi connectivity index (χ1v) is 7.93. The third-order valence-electron chi connectivity index (χ3n) is 3.42. The normalized spacial score (nSPS) is 20.8. The molecule has 0 radical (unpaired) electrons. The van der Waals surface area contributed by atoms with Gasteiger partial charge in [0.2, 0.25) is 10.0 Å². The van der Waals surface area contributed by atoms with Gasteiger partial charge in [-0.25, -0.2) is 8.42 Å². The van der Waals surface area contributed by atoms with Gasteiger partial charge in [-0.3, -0.25) is 4.98 Å². The summed E-state index contributed by atoms with van der Waals surface area (Å²) in [6.45, 7) is 3.05. The van der Waals surface area contributed by atoms with Crippen molar-refractivity contribution in [1.82, 2.24) is 9.29 Å². The Morgan fingerprint density at radius 3 is 2.61 bits per heavy atom. The Hall–Kier alpha value is -0.650. The third kappa shape index (κ3) is 2.84. The van der Waals surface area contributed by atoms with E-state index in [1.165, 1.54) is 10.5 Å². The van der Waals surface area contributed by atoms with Gasteiger partial charge < -0.3 is 0 Å². The van der Waals surface area contributed by atoms with E-state index in [4.69, 9.17) is 11.6 Å². The second-order valence-electron chi connectivity index (χ2n) is 4.61. The largest absolute Gasteiger partial charge is 0.263 e. The molecular weight excluding hydrogens is 272 g/mol. The molecule has 1 aliphatic heterocycles. The summed E-state index contributed by atoms with van der Waals surface area (Å²) in [6.07, 6.45) is 4.61. The maximum atomic E-state index is 12.3. The molecule has 1 atom stereocenters. The van der Waals surface area contributed by atoms with E-state index < -0.39 is 10.0 Å². The number of aromatic nitrogens is 1. The molecule has 0 N–H and O–H groups in total. The summed E-state index contributed by atoms with van der Waals surface area (Å²) in [5.74, 6) is 0.409. The van der Waals surface area contributed by atoms with Gasteiger partial charge in [0.1, 0.15) is 4.90 Å². The molecule has 1 aliphatic rings. The molecular formula is C12H17ClN2O2S. The number of rotatable bonds is 3. The first-order valence-electron chi connectivity index (χ1n) is 6.06. The molecule has 1 aromatic rings. The molecule has 4 nitrogen and oxygen atoms in total. The van der Waals surface area contributed by atoms with Crippen LogP contribution in [0.2, 0.25) is 0 Å². The summed E-state index contributed by atoms with van der Waals surface area (Å²) in [5.41, 5.74) is 0. The predicted octanol–water partition coefficient (Wildman–Crippen LogP) is 2.11. The van der Waals surface area contributed by atoms with Crippen LogP contribution < -0.4 is 0 Å². The van der Waals surface area contributed by atoms with Crippen molar-refractivity contribution in [3.05, 3.63) is 24.5 Å². The van der Waals surface area contributed by atoms with Crippen molar-refractivity contribution in [2.24, 2.45) is 5.92 Å². The van der Waals surface area contributed by atoms with Gasteiger partial charge in [0.15, 0.2) is 0 Å². The van der Waals surface area contributed by atoms with Gasteiger partial charge in [-0.15, -0.1) is 11.6 Å². The van der Waals surface area contributed by atoms with Gasteiger partial charge >= 0.3 is 0 Å². The number of nitrogens with zero attached hydrogens (tertiary/aromatic N) is 2. The molecule has 0 aliphatic carbocycles. The Balaban J connectivity index is 2.10. The van der Waals surface area contributed by atoms with Crippen LogP contribution in [-0.4, -0.2) is 36.2 Å². The van der Waals surface area contributed by atoms with E-state index in [9.17, 15) is 8.42 Å². The van der Waals surface area contributed by atoms with Crippen LogP contribution in [-0.2, 0) is 10.0 Å². The second-order valence-corrected chi connectivity index (χ2v) is 7.23. The zero-order chi connectivity index (χ0) is 13.2. The Labute approximate surface area is 113 Å². The quantitative estimate of drug-likeness (QED) is 0.801. The maximum Gasteiger partial charge on any atom is 0.244 e. The molecule has 6 heteroatoms. The molecule has 0 spiro atoms. The summed E-state index contributed by atoms with van der Waals surface area (Å²) in [5, 5.41) is 0.105. The lowest BCUT2D eigenvalue weighted by Gasteiger charge is -2.32. The number of sulfonamides is 1. The van der Waals surface area contributed by atoms with Crippen molar-refractivity contribution in [2.75, 3.05) is 13.1 Å². The average Bonchev–Trinajstić information content (AvgIpc) is 2.40. The Morgan fingerprint density at radius 2 is 2.11 bits per heavy atom. The van der Waals surface area contributed by atoms with E-state index >= 15 is 0 Å². The summed E-state index contributed by atoms with van der Waals surface area (Å²) >= 11 is 6.06. The van der Waals surface area contributed by atoms with Crippen LogP contribution in [0.3, 0.4) is 0 Å². The van der Waals surface area contributed by atoms with Crippen molar-refractivity contribution in [3.63, 3.8) is 0 Å². The Morgan fingerprint density at radius 1 is 1.44 bits per heavy atom. The fourth-order valence-electron chi connectivity index (χ4n) is 2.22. The van der Waals surface area contributed by atoms with Gasteiger partial charge in [0, 0.05) is 30.9 Å². The van der Waals surface area contributed by atoms with Gasteiger partial charge in [0.25, 0.3) is 0 Å².